The molecule has 1 amide bonds. The first kappa shape index (κ1) is 18.8. The zero-order valence-corrected chi connectivity index (χ0v) is 16.3. The van der Waals surface area contributed by atoms with Crippen molar-refractivity contribution >= 4 is 29.1 Å². The standard InChI is InChI=1S/C18H17Cl2N7O/c19-12-4-5-15(13(20)11-12)27-17(14-3-1-2-6-22-14)23-16(24-27)18(28)25-26-9-7-21-8-10-26/h1-6,11,21H,7-10H2,(H,25,28). The van der Waals surface area contributed by atoms with Crippen LogP contribution in [0.2, 0.25) is 10.0 Å². The second-order valence-corrected chi connectivity index (χ2v) is 7.00. The van der Waals surface area contributed by atoms with E-state index in [1.807, 2.05) is 11.1 Å². The smallest absolute Gasteiger partial charge is 0.305 e. The Morgan fingerprint density at radius 3 is 2.68 bits per heavy atom. The molecule has 1 aliphatic rings. The van der Waals surface area contributed by atoms with Crippen LogP contribution in [-0.4, -0.2) is 56.8 Å². The van der Waals surface area contributed by atoms with Gasteiger partial charge < -0.3 is 5.32 Å². The van der Waals surface area contributed by atoms with Crippen LogP contribution in [0.4, 0.5) is 0 Å². The second-order valence-electron chi connectivity index (χ2n) is 6.16. The summed E-state index contributed by atoms with van der Waals surface area (Å²) < 4.78 is 1.51. The van der Waals surface area contributed by atoms with E-state index in [4.69, 9.17) is 23.2 Å². The third kappa shape index (κ3) is 4.00. The summed E-state index contributed by atoms with van der Waals surface area (Å²) in [7, 11) is 0. The topological polar surface area (TPSA) is 88.0 Å². The first-order chi connectivity index (χ1) is 13.6. The maximum absolute atomic E-state index is 12.7. The highest BCUT2D eigenvalue weighted by Gasteiger charge is 2.22. The molecule has 0 saturated carbocycles. The van der Waals surface area contributed by atoms with Gasteiger partial charge in [-0.25, -0.2) is 14.7 Å². The van der Waals surface area contributed by atoms with Crippen LogP contribution in [0.1, 0.15) is 10.6 Å². The summed E-state index contributed by atoms with van der Waals surface area (Å²) in [5.41, 5.74) is 3.97. The fourth-order valence-electron chi connectivity index (χ4n) is 2.86. The molecule has 0 bridgehead atoms. The van der Waals surface area contributed by atoms with Crippen LogP contribution in [0.3, 0.4) is 0 Å². The predicted molar refractivity (Wildman–Crippen MR) is 107 cm³/mol. The molecule has 0 aliphatic carbocycles. The number of hydrogen-bond donors (Lipinski definition) is 2. The quantitative estimate of drug-likeness (QED) is 0.676. The molecule has 2 N–H and O–H groups in total. The summed E-state index contributed by atoms with van der Waals surface area (Å²) in [5.74, 6) is 0.0587. The molecule has 28 heavy (non-hydrogen) atoms. The number of carbonyl (C=O) groups is 1. The van der Waals surface area contributed by atoms with E-state index >= 15 is 0 Å². The Kier molecular flexibility index (Phi) is 5.54. The van der Waals surface area contributed by atoms with Gasteiger partial charge in [0.1, 0.15) is 5.69 Å². The summed E-state index contributed by atoms with van der Waals surface area (Å²) in [6.45, 7) is 3.04. The summed E-state index contributed by atoms with van der Waals surface area (Å²) in [4.78, 5) is 21.5. The van der Waals surface area contributed by atoms with Crippen molar-refractivity contribution in [2.24, 2.45) is 0 Å². The maximum Gasteiger partial charge on any atom is 0.305 e. The van der Waals surface area contributed by atoms with E-state index in [2.05, 4.69) is 25.8 Å². The van der Waals surface area contributed by atoms with Gasteiger partial charge in [-0.3, -0.25) is 15.2 Å². The summed E-state index contributed by atoms with van der Waals surface area (Å²) >= 11 is 12.4. The Morgan fingerprint density at radius 1 is 1.14 bits per heavy atom. The van der Waals surface area contributed by atoms with Crippen molar-refractivity contribution in [3.05, 3.63) is 58.5 Å². The lowest BCUT2D eigenvalue weighted by Gasteiger charge is -2.26. The average Bonchev–Trinajstić information content (AvgIpc) is 3.15. The van der Waals surface area contributed by atoms with Crippen molar-refractivity contribution in [3.63, 3.8) is 0 Å². The van der Waals surface area contributed by atoms with E-state index in [1.54, 1.807) is 36.5 Å². The number of nitrogens with one attached hydrogen (secondary N) is 2. The van der Waals surface area contributed by atoms with Gasteiger partial charge in [-0.05, 0) is 30.3 Å². The van der Waals surface area contributed by atoms with E-state index in [1.165, 1.54) is 4.68 Å². The molecule has 1 aromatic carbocycles. The molecule has 4 rings (SSSR count). The van der Waals surface area contributed by atoms with Crippen molar-refractivity contribution in [3.8, 4) is 17.2 Å². The van der Waals surface area contributed by atoms with Gasteiger partial charge in [0.25, 0.3) is 0 Å². The van der Waals surface area contributed by atoms with E-state index < -0.39 is 0 Å². The number of pyridine rings is 1. The van der Waals surface area contributed by atoms with Crippen molar-refractivity contribution in [2.75, 3.05) is 26.2 Å². The van der Waals surface area contributed by atoms with Gasteiger partial charge in [0.05, 0.1) is 10.7 Å². The SMILES string of the molecule is O=C(NN1CCNCC1)c1nc(-c2ccccn2)n(-c2ccc(Cl)cc2Cl)n1. The average molecular weight is 418 g/mol. The maximum atomic E-state index is 12.7. The van der Waals surface area contributed by atoms with Gasteiger partial charge >= 0.3 is 5.91 Å². The van der Waals surface area contributed by atoms with E-state index in [0.717, 1.165) is 13.1 Å². The lowest BCUT2D eigenvalue weighted by Crippen LogP contribution is -2.52. The molecule has 1 fully saturated rings. The Bertz CT molecular complexity index is 987. The van der Waals surface area contributed by atoms with Crippen LogP contribution in [0.5, 0.6) is 0 Å². The van der Waals surface area contributed by atoms with Crippen LogP contribution >= 0.6 is 23.2 Å². The van der Waals surface area contributed by atoms with Crippen molar-refractivity contribution in [2.45, 2.75) is 0 Å². The van der Waals surface area contributed by atoms with Crippen LogP contribution in [0.15, 0.2) is 42.6 Å². The molecule has 3 heterocycles. The zero-order chi connectivity index (χ0) is 19.5. The van der Waals surface area contributed by atoms with Gasteiger partial charge in [0.2, 0.25) is 5.82 Å². The minimum atomic E-state index is -0.386. The van der Waals surface area contributed by atoms with Crippen LogP contribution in [-0.2, 0) is 0 Å². The molecule has 1 aliphatic heterocycles. The molecule has 144 valence electrons. The predicted octanol–water partition coefficient (Wildman–Crippen LogP) is 2.19. The van der Waals surface area contributed by atoms with Crippen molar-refractivity contribution in [1.29, 1.82) is 0 Å². The van der Waals surface area contributed by atoms with E-state index in [9.17, 15) is 4.79 Å². The summed E-state index contributed by atoms with van der Waals surface area (Å²) in [6.07, 6.45) is 1.65. The highest BCUT2D eigenvalue weighted by Crippen LogP contribution is 2.27. The third-order valence-corrected chi connectivity index (χ3v) is 4.76. The Hall–Kier alpha value is -2.52. The first-order valence-electron chi connectivity index (χ1n) is 8.72. The molecule has 0 spiro atoms. The number of hydrogen-bond acceptors (Lipinski definition) is 6. The molecule has 0 unspecified atom stereocenters. The summed E-state index contributed by atoms with van der Waals surface area (Å²) in [5, 5.41) is 10.4. The zero-order valence-electron chi connectivity index (χ0n) is 14.8. The molecule has 3 aromatic rings. The monoisotopic (exact) mass is 417 g/mol. The van der Waals surface area contributed by atoms with Gasteiger partial charge in [-0.2, -0.15) is 0 Å². The number of piperazine rings is 1. The fourth-order valence-corrected chi connectivity index (χ4v) is 3.35. The number of hydrazine groups is 1. The molecule has 2 aromatic heterocycles. The van der Waals surface area contributed by atoms with Gasteiger partial charge in [-0.15, -0.1) is 5.10 Å². The molecular weight excluding hydrogens is 401 g/mol. The number of halogens is 2. The van der Waals surface area contributed by atoms with Gasteiger partial charge in [-0.1, -0.05) is 29.3 Å². The molecule has 0 atom stereocenters. The number of amides is 1. The first-order valence-corrected chi connectivity index (χ1v) is 9.48. The molecule has 8 nitrogen and oxygen atoms in total. The molecular formula is C18H17Cl2N7O. The van der Waals surface area contributed by atoms with Crippen LogP contribution in [0.25, 0.3) is 17.2 Å². The number of benzene rings is 1. The Balaban J connectivity index is 1.73. The van der Waals surface area contributed by atoms with Crippen molar-refractivity contribution in [1.82, 2.24) is 35.5 Å². The normalized spacial score (nSPS) is 14.8. The largest absolute Gasteiger partial charge is 0.314 e. The minimum absolute atomic E-state index is 0.0326. The number of nitrogens with zero attached hydrogens (tertiary/aromatic N) is 5. The summed E-state index contributed by atoms with van der Waals surface area (Å²) in [6, 6.07) is 10.5. The highest BCUT2D eigenvalue weighted by atomic mass is 35.5. The third-order valence-electron chi connectivity index (χ3n) is 4.22. The van der Waals surface area contributed by atoms with Crippen molar-refractivity contribution < 1.29 is 4.79 Å². The molecule has 0 radical (unpaired) electrons. The second kappa shape index (κ2) is 8.24. The Labute approximate surface area is 171 Å². The molecule has 10 heteroatoms. The van der Waals surface area contributed by atoms with Crippen LogP contribution < -0.4 is 10.7 Å². The number of rotatable bonds is 4. The van der Waals surface area contributed by atoms with E-state index in [-0.39, 0.29) is 11.7 Å². The lowest BCUT2D eigenvalue weighted by atomic mass is 10.3. The number of carbonyl (C=O) groups excluding carboxylic acids is 1. The lowest BCUT2D eigenvalue weighted by molar-refractivity contribution is 0.0754. The van der Waals surface area contributed by atoms with Crippen LogP contribution in [0, 0.1) is 0 Å². The Morgan fingerprint density at radius 2 is 1.96 bits per heavy atom. The minimum Gasteiger partial charge on any atom is -0.314 e. The molecule has 1 saturated heterocycles. The fraction of sp³-hybridized carbons (Fsp3) is 0.222. The van der Waals surface area contributed by atoms with Gasteiger partial charge in [0.15, 0.2) is 5.82 Å². The highest BCUT2D eigenvalue weighted by molar-refractivity contribution is 6.35. The number of aromatic nitrogens is 4. The van der Waals surface area contributed by atoms with E-state index in [0.29, 0.717) is 40.3 Å². The van der Waals surface area contributed by atoms with Gasteiger partial charge in [0, 0.05) is 37.4 Å².